The highest BCUT2D eigenvalue weighted by Crippen LogP contribution is 2.47. The van der Waals surface area contributed by atoms with E-state index in [2.05, 4.69) is 139 Å². The molecule has 0 heterocycles. The predicted octanol–water partition coefficient (Wildman–Crippen LogP) is 9.34. The van der Waals surface area contributed by atoms with Gasteiger partial charge in [0, 0.05) is 22.8 Å². The quantitative estimate of drug-likeness (QED) is 0.185. The van der Waals surface area contributed by atoms with Crippen molar-refractivity contribution in [3.05, 3.63) is 125 Å². The molecule has 208 valence electrons. The summed E-state index contributed by atoms with van der Waals surface area (Å²) in [4.78, 5) is 5.20. The lowest BCUT2D eigenvalue weighted by atomic mass is 9.81. The van der Waals surface area contributed by atoms with Gasteiger partial charge >= 0.3 is 0 Å². The van der Waals surface area contributed by atoms with E-state index < -0.39 is 7.92 Å². The average molecular weight is 550 g/mol. The third-order valence-electron chi connectivity index (χ3n) is 6.99. The van der Waals surface area contributed by atoms with Crippen molar-refractivity contribution in [2.75, 3.05) is 0 Å². The maximum absolute atomic E-state index is 11.4. The lowest BCUT2D eigenvalue weighted by Crippen LogP contribution is -2.15. The van der Waals surface area contributed by atoms with E-state index in [0.717, 1.165) is 42.5 Å². The van der Waals surface area contributed by atoms with Crippen molar-refractivity contribution in [3.63, 3.8) is 0 Å². The van der Waals surface area contributed by atoms with Crippen LogP contribution in [0.1, 0.15) is 77.5 Å². The van der Waals surface area contributed by atoms with Crippen LogP contribution in [0.25, 0.3) is 0 Å². The van der Waals surface area contributed by atoms with E-state index in [-0.39, 0.29) is 10.8 Å². The molecule has 0 saturated carbocycles. The minimum Gasteiger partial charge on any atom is -0.507 e. The van der Waals surface area contributed by atoms with Crippen LogP contribution in [-0.4, -0.2) is 11.3 Å². The Morgan fingerprint density at radius 1 is 0.825 bits per heavy atom. The number of aromatic hydroxyl groups is 1. The minimum absolute atomic E-state index is 0.0338. The summed E-state index contributed by atoms with van der Waals surface area (Å²) in [5, 5.41) is 15.3. The van der Waals surface area contributed by atoms with Crippen molar-refractivity contribution < 1.29 is 5.11 Å². The fourth-order valence-corrected chi connectivity index (χ4v) is 7.41. The van der Waals surface area contributed by atoms with Crippen molar-refractivity contribution in [1.82, 2.24) is 0 Å². The molecule has 0 aromatic heterocycles. The zero-order valence-electron chi connectivity index (χ0n) is 25.0. The van der Waals surface area contributed by atoms with Gasteiger partial charge in [-0.2, -0.15) is 0 Å². The third kappa shape index (κ3) is 7.92. The van der Waals surface area contributed by atoms with Gasteiger partial charge in [0.05, 0.1) is 0 Å². The normalized spacial score (nSPS) is 18.4. The van der Waals surface area contributed by atoms with Crippen molar-refractivity contribution in [1.29, 1.82) is 0 Å². The third-order valence-corrected chi connectivity index (χ3v) is 9.51. The van der Waals surface area contributed by atoms with Crippen LogP contribution in [0.5, 0.6) is 5.75 Å². The molecule has 4 rings (SSSR count). The van der Waals surface area contributed by atoms with E-state index in [4.69, 9.17) is 4.99 Å². The van der Waals surface area contributed by atoms with E-state index in [1.807, 2.05) is 6.21 Å². The highest BCUT2D eigenvalue weighted by molar-refractivity contribution is 7.77. The van der Waals surface area contributed by atoms with Crippen molar-refractivity contribution in [2.45, 2.75) is 72.6 Å². The molecule has 0 spiro atoms. The van der Waals surface area contributed by atoms with Gasteiger partial charge in [-0.15, -0.1) is 0 Å². The van der Waals surface area contributed by atoms with Crippen LogP contribution in [0, 0.1) is 5.41 Å². The summed E-state index contributed by atoms with van der Waals surface area (Å²) in [5.74, 6) is 0.348. The Labute approximate surface area is 243 Å². The molecular formula is C37H44NOP. The van der Waals surface area contributed by atoms with Gasteiger partial charge in [0.15, 0.2) is 0 Å². The Balaban J connectivity index is 1.90. The van der Waals surface area contributed by atoms with Gasteiger partial charge in [-0.1, -0.05) is 133 Å². The molecule has 0 amide bonds. The summed E-state index contributed by atoms with van der Waals surface area (Å²) >= 11 is 0. The van der Waals surface area contributed by atoms with Gasteiger partial charge in [-0.25, -0.2) is 0 Å². The van der Waals surface area contributed by atoms with Crippen LogP contribution < -0.4 is 10.6 Å². The second-order valence-corrected chi connectivity index (χ2v) is 15.0. The molecule has 1 N–H and O–H groups in total. The van der Waals surface area contributed by atoms with Crippen molar-refractivity contribution in [3.8, 4) is 5.75 Å². The lowest BCUT2D eigenvalue weighted by Gasteiger charge is -2.25. The number of nitrogens with zero attached hydrogens (tertiary/aromatic N) is 1. The van der Waals surface area contributed by atoms with E-state index in [1.54, 1.807) is 0 Å². The van der Waals surface area contributed by atoms with Crippen LogP contribution in [0.15, 0.2) is 113 Å². The Bertz CT molecular complexity index is 1360. The molecule has 0 radical (unpaired) electrons. The number of phenols is 1. The molecule has 0 aliphatic heterocycles. The van der Waals surface area contributed by atoms with Gasteiger partial charge in [0.25, 0.3) is 0 Å². The van der Waals surface area contributed by atoms with Gasteiger partial charge < -0.3 is 5.11 Å². The molecule has 1 aliphatic rings. The number of rotatable bonds is 6. The molecule has 0 saturated heterocycles. The van der Waals surface area contributed by atoms with Crippen molar-refractivity contribution >= 4 is 24.7 Å². The van der Waals surface area contributed by atoms with E-state index >= 15 is 0 Å². The highest BCUT2D eigenvalue weighted by Gasteiger charge is 2.23. The molecule has 1 aliphatic carbocycles. The summed E-state index contributed by atoms with van der Waals surface area (Å²) in [6, 6.07) is 25.9. The minimum atomic E-state index is -0.798. The molecule has 40 heavy (non-hydrogen) atoms. The molecule has 3 aromatic rings. The number of allylic oxidation sites excluding steroid dienone is 6. The summed E-state index contributed by atoms with van der Waals surface area (Å²) in [7, 11) is -0.798. The summed E-state index contributed by atoms with van der Waals surface area (Å²) in [5.41, 5.74) is 4.11. The summed E-state index contributed by atoms with van der Waals surface area (Å²) < 4.78 is 0. The number of aliphatic imine (C=N–C) groups is 1. The monoisotopic (exact) mass is 549 g/mol. The average Bonchev–Trinajstić information content (AvgIpc) is 3.02. The molecule has 2 nitrogen and oxygen atoms in total. The maximum atomic E-state index is 11.4. The van der Waals surface area contributed by atoms with E-state index in [1.165, 1.54) is 21.5 Å². The molecule has 0 atom stereocenters. The topological polar surface area (TPSA) is 32.6 Å². The maximum Gasteiger partial charge on any atom is 0.127 e. The Kier molecular flexibility index (Phi) is 9.64. The fraction of sp³-hybridized carbons (Fsp3) is 0.324. The number of phenolic OH excluding ortho intramolecular Hbond substituents is 1. The van der Waals surface area contributed by atoms with E-state index in [9.17, 15) is 5.11 Å². The number of benzene rings is 3. The second-order valence-electron chi connectivity index (χ2n) is 12.8. The first-order valence-corrected chi connectivity index (χ1v) is 15.7. The largest absolute Gasteiger partial charge is 0.507 e. The number of hydrogen-bond donors (Lipinski definition) is 1. The predicted molar refractivity (Wildman–Crippen MR) is 176 cm³/mol. The van der Waals surface area contributed by atoms with Crippen LogP contribution in [0.3, 0.4) is 0 Å². The SMILES string of the molecule is CC(C)(C)Cc1cc(C(C)(C)C)cc(/C=N/C2=C(P(c3ccccc3)c3ccccc3)/C=C\C/C=C\CC2)c1O. The first kappa shape index (κ1) is 29.8. The zero-order valence-corrected chi connectivity index (χ0v) is 25.9. The van der Waals surface area contributed by atoms with Gasteiger partial charge in [-0.3, -0.25) is 4.99 Å². The van der Waals surface area contributed by atoms with Crippen LogP contribution in [0.2, 0.25) is 0 Å². The first-order chi connectivity index (χ1) is 19.0. The molecular weight excluding hydrogens is 505 g/mol. The molecule has 0 bridgehead atoms. The number of hydrogen-bond acceptors (Lipinski definition) is 2. The molecule has 0 unspecified atom stereocenters. The van der Waals surface area contributed by atoms with Gasteiger partial charge in [0.1, 0.15) is 5.75 Å². The Morgan fingerprint density at radius 3 is 2.02 bits per heavy atom. The molecule has 3 aromatic carbocycles. The van der Waals surface area contributed by atoms with Crippen molar-refractivity contribution in [2.24, 2.45) is 10.4 Å². The first-order valence-electron chi connectivity index (χ1n) is 14.4. The van der Waals surface area contributed by atoms with Crippen LogP contribution in [0.4, 0.5) is 0 Å². The lowest BCUT2D eigenvalue weighted by molar-refractivity contribution is 0.393. The van der Waals surface area contributed by atoms with E-state index in [0.29, 0.717) is 5.75 Å². The van der Waals surface area contributed by atoms with Crippen LogP contribution in [-0.2, 0) is 11.8 Å². The molecule has 0 fully saturated rings. The van der Waals surface area contributed by atoms with Gasteiger partial charge in [-0.05, 0) is 72.2 Å². The Hall–Kier alpha value is -3.22. The Morgan fingerprint density at radius 2 is 1.45 bits per heavy atom. The summed E-state index contributed by atoms with van der Waals surface area (Å²) in [6.45, 7) is 13.3. The fourth-order valence-electron chi connectivity index (χ4n) is 4.94. The highest BCUT2D eigenvalue weighted by atomic mass is 31.1. The smallest absolute Gasteiger partial charge is 0.127 e. The zero-order chi connectivity index (χ0) is 28.8. The van der Waals surface area contributed by atoms with Crippen LogP contribution >= 0.6 is 7.92 Å². The standard InChI is InChI=1S/C37H44NOP/c1-36(2,3)26-28-24-30(37(4,5)6)25-29(35(28)39)27-38-33-22-16-8-7-9-17-23-34(33)40(31-18-12-10-13-19-31)32-20-14-11-15-21-32/h7-8,10-15,17-21,23-25,27,39H,9,16,22,26H2,1-6H3/b8-7-,23-17-,34-33-,38-27+. The summed E-state index contributed by atoms with van der Waals surface area (Å²) in [6.07, 6.45) is 14.5. The van der Waals surface area contributed by atoms with Gasteiger partial charge in [0.2, 0.25) is 0 Å². The second kappa shape index (κ2) is 13.0. The molecule has 3 heteroatoms.